The minimum Gasteiger partial charge on any atom is -0.376 e. The number of ether oxygens (including phenoxy) is 1. The molecule has 0 amide bonds. The highest BCUT2D eigenvalue weighted by molar-refractivity contribution is 14.0. The summed E-state index contributed by atoms with van der Waals surface area (Å²) in [6.07, 6.45) is 5.20. The Morgan fingerprint density at radius 1 is 1.31 bits per heavy atom. The molecular weight excluding hydrogens is 459 g/mol. The van der Waals surface area contributed by atoms with Gasteiger partial charge >= 0.3 is 0 Å². The molecular formula is C19H33IN4OS. The first-order chi connectivity index (χ1) is 12.3. The highest BCUT2D eigenvalue weighted by atomic mass is 127. The van der Waals surface area contributed by atoms with Crippen LogP contribution in [0, 0.1) is 5.92 Å². The van der Waals surface area contributed by atoms with Crippen molar-refractivity contribution in [2.45, 2.75) is 45.3 Å². The smallest absolute Gasteiger partial charge is 0.191 e. The summed E-state index contributed by atoms with van der Waals surface area (Å²) in [6, 6.07) is 4.39. The number of hydrogen-bond acceptors (Lipinski definition) is 4. The van der Waals surface area contributed by atoms with E-state index >= 15 is 0 Å². The van der Waals surface area contributed by atoms with Gasteiger partial charge in [-0.3, -0.25) is 9.89 Å². The van der Waals surface area contributed by atoms with Gasteiger partial charge in [0.2, 0.25) is 0 Å². The fourth-order valence-corrected chi connectivity index (χ4v) is 4.27. The maximum Gasteiger partial charge on any atom is 0.191 e. The van der Waals surface area contributed by atoms with E-state index < -0.39 is 0 Å². The van der Waals surface area contributed by atoms with E-state index in [1.165, 1.54) is 37.2 Å². The molecule has 26 heavy (non-hydrogen) atoms. The van der Waals surface area contributed by atoms with Gasteiger partial charge in [-0.05, 0) is 63.1 Å². The Morgan fingerprint density at radius 2 is 2.15 bits per heavy atom. The van der Waals surface area contributed by atoms with Crippen LogP contribution in [0.1, 0.15) is 37.5 Å². The number of likely N-dealkylation sites (tertiary alicyclic amines) is 1. The number of hydrogen-bond donors (Lipinski definition) is 2. The topological polar surface area (TPSA) is 48.9 Å². The summed E-state index contributed by atoms with van der Waals surface area (Å²) < 4.78 is 5.68. The quantitative estimate of drug-likeness (QED) is 0.349. The molecule has 0 aromatic carbocycles. The van der Waals surface area contributed by atoms with Crippen molar-refractivity contribution in [2.24, 2.45) is 10.9 Å². The van der Waals surface area contributed by atoms with E-state index in [0.717, 1.165) is 45.2 Å². The van der Waals surface area contributed by atoms with E-state index in [2.05, 4.69) is 40.0 Å². The van der Waals surface area contributed by atoms with E-state index in [1.54, 1.807) is 0 Å². The van der Waals surface area contributed by atoms with Crippen molar-refractivity contribution < 1.29 is 4.74 Å². The summed E-state index contributed by atoms with van der Waals surface area (Å²) in [7, 11) is 0. The van der Waals surface area contributed by atoms with E-state index in [1.807, 2.05) is 11.3 Å². The number of piperidine rings is 1. The third-order valence-corrected chi connectivity index (χ3v) is 5.90. The molecule has 2 saturated heterocycles. The van der Waals surface area contributed by atoms with Crippen molar-refractivity contribution in [3.63, 3.8) is 0 Å². The fourth-order valence-electron chi connectivity index (χ4n) is 3.53. The first-order valence-electron chi connectivity index (χ1n) is 9.72. The minimum atomic E-state index is 0. The van der Waals surface area contributed by atoms with E-state index in [-0.39, 0.29) is 24.0 Å². The number of rotatable bonds is 7. The van der Waals surface area contributed by atoms with Gasteiger partial charge in [-0.15, -0.1) is 35.3 Å². The SMILES string of the molecule is CCNC(=NCC1CCN(Cc2cccs2)CC1)NCC1CCCO1.I. The first-order valence-corrected chi connectivity index (χ1v) is 10.6. The zero-order valence-corrected chi connectivity index (χ0v) is 18.9. The molecule has 2 fully saturated rings. The van der Waals surface area contributed by atoms with Gasteiger partial charge in [0.15, 0.2) is 5.96 Å². The fraction of sp³-hybridized carbons (Fsp3) is 0.737. The number of thiophene rings is 1. The summed E-state index contributed by atoms with van der Waals surface area (Å²) in [5.74, 6) is 1.65. The van der Waals surface area contributed by atoms with E-state index in [4.69, 9.17) is 9.73 Å². The van der Waals surface area contributed by atoms with Crippen LogP contribution in [0.3, 0.4) is 0 Å². The Hall–Kier alpha value is -0.380. The lowest BCUT2D eigenvalue weighted by Gasteiger charge is -2.31. The van der Waals surface area contributed by atoms with Crippen LogP contribution in [-0.4, -0.2) is 56.3 Å². The highest BCUT2D eigenvalue weighted by Crippen LogP contribution is 2.20. The van der Waals surface area contributed by atoms with E-state index in [0.29, 0.717) is 12.0 Å². The molecule has 0 spiro atoms. The van der Waals surface area contributed by atoms with Crippen LogP contribution in [0.25, 0.3) is 0 Å². The lowest BCUT2D eigenvalue weighted by Crippen LogP contribution is -2.41. The second-order valence-corrected chi connectivity index (χ2v) is 8.07. The lowest BCUT2D eigenvalue weighted by molar-refractivity contribution is 0.113. The largest absolute Gasteiger partial charge is 0.376 e. The molecule has 7 heteroatoms. The van der Waals surface area contributed by atoms with Gasteiger partial charge in [0.05, 0.1) is 6.10 Å². The first kappa shape index (κ1) is 21.9. The van der Waals surface area contributed by atoms with Crippen LogP contribution in [0.4, 0.5) is 0 Å². The highest BCUT2D eigenvalue weighted by Gasteiger charge is 2.20. The molecule has 1 atom stereocenters. The summed E-state index contributed by atoms with van der Waals surface area (Å²) in [5, 5.41) is 8.97. The third-order valence-electron chi connectivity index (χ3n) is 5.04. The van der Waals surface area contributed by atoms with Crippen molar-refractivity contribution in [3.8, 4) is 0 Å². The Kier molecular flexibility index (Phi) is 10.2. The van der Waals surface area contributed by atoms with Crippen LogP contribution >= 0.6 is 35.3 Å². The summed E-state index contributed by atoms with van der Waals surface area (Å²) in [6.45, 7) is 9.21. The Morgan fingerprint density at radius 3 is 2.81 bits per heavy atom. The molecule has 3 rings (SSSR count). The van der Waals surface area contributed by atoms with Crippen molar-refractivity contribution in [1.29, 1.82) is 0 Å². The molecule has 3 heterocycles. The van der Waals surface area contributed by atoms with Crippen molar-refractivity contribution >= 4 is 41.3 Å². The molecule has 0 aliphatic carbocycles. The minimum absolute atomic E-state index is 0. The zero-order valence-electron chi connectivity index (χ0n) is 15.8. The summed E-state index contributed by atoms with van der Waals surface area (Å²) in [4.78, 5) is 8.87. The lowest BCUT2D eigenvalue weighted by atomic mass is 9.97. The monoisotopic (exact) mass is 492 g/mol. The Balaban J connectivity index is 0.00000243. The predicted molar refractivity (Wildman–Crippen MR) is 121 cm³/mol. The molecule has 2 aliphatic heterocycles. The predicted octanol–water partition coefficient (Wildman–Crippen LogP) is 3.31. The zero-order chi connectivity index (χ0) is 17.3. The molecule has 2 aliphatic rings. The van der Waals surface area contributed by atoms with Crippen LogP contribution in [-0.2, 0) is 11.3 Å². The molecule has 5 nitrogen and oxygen atoms in total. The normalized spacial score (nSPS) is 22.2. The van der Waals surface area contributed by atoms with Gasteiger partial charge in [0.1, 0.15) is 0 Å². The maximum atomic E-state index is 5.68. The van der Waals surface area contributed by atoms with Crippen molar-refractivity contribution in [2.75, 3.05) is 39.3 Å². The molecule has 1 aromatic heterocycles. The molecule has 148 valence electrons. The Bertz CT molecular complexity index is 512. The summed E-state index contributed by atoms with van der Waals surface area (Å²) in [5.41, 5.74) is 0. The van der Waals surface area contributed by atoms with Gasteiger partial charge in [-0.2, -0.15) is 0 Å². The number of aliphatic imine (C=N–C) groups is 1. The number of halogens is 1. The molecule has 1 unspecified atom stereocenters. The molecule has 0 saturated carbocycles. The summed E-state index contributed by atoms with van der Waals surface area (Å²) >= 11 is 1.86. The second kappa shape index (κ2) is 12.2. The van der Waals surface area contributed by atoms with E-state index in [9.17, 15) is 0 Å². The van der Waals surface area contributed by atoms with Gasteiger partial charge in [-0.25, -0.2) is 0 Å². The van der Waals surface area contributed by atoms with Gasteiger partial charge in [0.25, 0.3) is 0 Å². The molecule has 0 radical (unpaired) electrons. The van der Waals surface area contributed by atoms with Gasteiger partial charge in [-0.1, -0.05) is 6.07 Å². The molecule has 2 N–H and O–H groups in total. The van der Waals surface area contributed by atoms with Gasteiger partial charge < -0.3 is 15.4 Å². The van der Waals surface area contributed by atoms with Gasteiger partial charge in [0, 0.05) is 37.7 Å². The number of nitrogens with zero attached hydrogens (tertiary/aromatic N) is 2. The van der Waals surface area contributed by atoms with Crippen LogP contribution in [0.15, 0.2) is 22.5 Å². The standard InChI is InChI=1S/C19H32N4OS.HI/c1-2-20-19(22-14-17-5-3-11-24-17)21-13-16-7-9-23(10-8-16)15-18-6-4-12-25-18;/h4,6,12,16-17H,2-3,5,7-11,13-15H2,1H3,(H2,20,21,22);1H. The van der Waals surface area contributed by atoms with Crippen molar-refractivity contribution in [3.05, 3.63) is 22.4 Å². The van der Waals surface area contributed by atoms with Crippen LogP contribution in [0.5, 0.6) is 0 Å². The molecule has 1 aromatic rings. The third kappa shape index (κ3) is 7.32. The average molecular weight is 492 g/mol. The Labute approximate surface area is 179 Å². The van der Waals surface area contributed by atoms with Crippen LogP contribution < -0.4 is 10.6 Å². The maximum absolute atomic E-state index is 5.68. The number of guanidine groups is 1. The number of nitrogens with one attached hydrogen (secondary N) is 2. The second-order valence-electron chi connectivity index (χ2n) is 7.03. The van der Waals surface area contributed by atoms with Crippen molar-refractivity contribution in [1.82, 2.24) is 15.5 Å². The average Bonchev–Trinajstić information content (AvgIpc) is 3.32. The van der Waals surface area contributed by atoms with Crippen LogP contribution in [0.2, 0.25) is 0 Å². The molecule has 0 bridgehead atoms.